The zero-order valence-electron chi connectivity index (χ0n) is 10.9. The number of ether oxygens (including phenoxy) is 1. The van der Waals surface area contributed by atoms with E-state index in [0.717, 1.165) is 19.4 Å². The Morgan fingerprint density at radius 3 is 2.53 bits per heavy atom. The predicted octanol–water partition coefficient (Wildman–Crippen LogP) is 1.99. The number of alkyl carbamates (subject to hydrolysis) is 1. The molecule has 0 aromatic heterocycles. The molecule has 1 fully saturated rings. The van der Waals surface area contributed by atoms with Gasteiger partial charge in [0, 0.05) is 12.6 Å². The SMILES string of the molecule is CC(C)(C)OC(=O)NCCCNC1CCC1F. The Hall–Kier alpha value is -0.840. The Bertz CT molecular complexity index is 253. The zero-order chi connectivity index (χ0) is 12.9. The highest BCUT2D eigenvalue weighted by atomic mass is 19.1. The van der Waals surface area contributed by atoms with Crippen LogP contribution in [-0.2, 0) is 4.74 Å². The lowest BCUT2D eigenvalue weighted by molar-refractivity contribution is 0.0526. The maximum absolute atomic E-state index is 12.9. The lowest BCUT2D eigenvalue weighted by Gasteiger charge is -2.31. The molecule has 0 aliphatic heterocycles. The van der Waals surface area contributed by atoms with Gasteiger partial charge in [0.15, 0.2) is 0 Å². The first kappa shape index (κ1) is 14.2. The molecule has 1 rings (SSSR count). The summed E-state index contributed by atoms with van der Waals surface area (Å²) in [5.74, 6) is 0. The van der Waals surface area contributed by atoms with Crippen LogP contribution in [0.3, 0.4) is 0 Å². The summed E-state index contributed by atoms with van der Waals surface area (Å²) in [6.07, 6.45) is 1.29. The van der Waals surface area contributed by atoms with Gasteiger partial charge in [0.2, 0.25) is 0 Å². The van der Waals surface area contributed by atoms with Crippen LogP contribution in [0, 0.1) is 0 Å². The minimum Gasteiger partial charge on any atom is -0.444 e. The molecule has 1 aliphatic rings. The molecule has 5 heteroatoms. The van der Waals surface area contributed by atoms with Crippen LogP contribution in [0.25, 0.3) is 0 Å². The van der Waals surface area contributed by atoms with Crippen LogP contribution in [0.15, 0.2) is 0 Å². The molecule has 2 atom stereocenters. The minimum absolute atomic E-state index is 0.0246. The summed E-state index contributed by atoms with van der Waals surface area (Å²) in [6.45, 7) is 6.75. The van der Waals surface area contributed by atoms with Crippen LogP contribution in [-0.4, -0.2) is 37.0 Å². The van der Waals surface area contributed by atoms with E-state index in [0.29, 0.717) is 13.0 Å². The lowest BCUT2D eigenvalue weighted by atomic mass is 9.90. The first-order valence-corrected chi connectivity index (χ1v) is 6.23. The predicted molar refractivity (Wildman–Crippen MR) is 64.8 cm³/mol. The number of amides is 1. The van der Waals surface area contributed by atoms with Crippen molar-refractivity contribution in [1.82, 2.24) is 10.6 Å². The number of carbonyl (C=O) groups is 1. The number of alkyl halides is 1. The third-order valence-electron chi connectivity index (χ3n) is 2.62. The highest BCUT2D eigenvalue weighted by molar-refractivity contribution is 5.67. The summed E-state index contributed by atoms with van der Waals surface area (Å²) in [5, 5.41) is 5.79. The van der Waals surface area contributed by atoms with Crippen LogP contribution in [0.2, 0.25) is 0 Å². The molecule has 2 unspecified atom stereocenters. The van der Waals surface area contributed by atoms with Gasteiger partial charge in [-0.15, -0.1) is 0 Å². The Balaban J connectivity index is 1.95. The molecule has 0 radical (unpaired) electrons. The molecule has 1 aliphatic carbocycles. The molecule has 0 heterocycles. The van der Waals surface area contributed by atoms with Crippen molar-refractivity contribution in [1.29, 1.82) is 0 Å². The van der Waals surface area contributed by atoms with Crippen molar-refractivity contribution in [2.75, 3.05) is 13.1 Å². The van der Waals surface area contributed by atoms with E-state index in [1.54, 1.807) is 0 Å². The van der Waals surface area contributed by atoms with Crippen molar-refractivity contribution in [2.24, 2.45) is 0 Å². The molecule has 0 spiro atoms. The molecule has 4 nitrogen and oxygen atoms in total. The third kappa shape index (κ3) is 5.86. The van der Waals surface area contributed by atoms with Gasteiger partial charge in [-0.05, 0) is 46.6 Å². The fraction of sp³-hybridized carbons (Fsp3) is 0.917. The smallest absolute Gasteiger partial charge is 0.407 e. The fourth-order valence-electron chi connectivity index (χ4n) is 1.57. The highest BCUT2D eigenvalue weighted by Gasteiger charge is 2.29. The number of nitrogens with one attached hydrogen (secondary N) is 2. The average molecular weight is 246 g/mol. The van der Waals surface area contributed by atoms with Crippen molar-refractivity contribution in [3.8, 4) is 0 Å². The highest BCUT2D eigenvalue weighted by Crippen LogP contribution is 2.22. The fourth-order valence-corrected chi connectivity index (χ4v) is 1.57. The summed E-state index contributed by atoms with van der Waals surface area (Å²) in [4.78, 5) is 11.3. The first-order valence-electron chi connectivity index (χ1n) is 6.23. The summed E-state index contributed by atoms with van der Waals surface area (Å²) in [5.41, 5.74) is -0.463. The molecule has 17 heavy (non-hydrogen) atoms. The molecular weight excluding hydrogens is 223 g/mol. The van der Waals surface area contributed by atoms with E-state index in [4.69, 9.17) is 4.74 Å². The van der Waals surface area contributed by atoms with Gasteiger partial charge in [0.25, 0.3) is 0 Å². The lowest BCUT2D eigenvalue weighted by Crippen LogP contribution is -2.46. The second-order valence-corrected chi connectivity index (χ2v) is 5.44. The van der Waals surface area contributed by atoms with Crippen LogP contribution in [0.5, 0.6) is 0 Å². The Kier molecular flexibility index (Phi) is 5.18. The van der Waals surface area contributed by atoms with E-state index in [-0.39, 0.29) is 6.04 Å². The molecule has 2 N–H and O–H groups in total. The maximum Gasteiger partial charge on any atom is 0.407 e. The Morgan fingerprint density at radius 1 is 1.35 bits per heavy atom. The quantitative estimate of drug-likeness (QED) is 0.729. The normalized spacial score (nSPS) is 24.0. The van der Waals surface area contributed by atoms with Crippen LogP contribution in [0.1, 0.15) is 40.0 Å². The summed E-state index contributed by atoms with van der Waals surface area (Å²) >= 11 is 0. The van der Waals surface area contributed by atoms with Gasteiger partial charge in [0.1, 0.15) is 11.8 Å². The molecule has 0 saturated heterocycles. The number of rotatable bonds is 5. The molecule has 1 amide bonds. The van der Waals surface area contributed by atoms with E-state index < -0.39 is 17.9 Å². The second-order valence-electron chi connectivity index (χ2n) is 5.44. The molecule has 100 valence electrons. The van der Waals surface area contributed by atoms with E-state index in [9.17, 15) is 9.18 Å². The van der Waals surface area contributed by atoms with Gasteiger partial charge in [-0.2, -0.15) is 0 Å². The minimum atomic E-state index is -0.686. The van der Waals surface area contributed by atoms with Crippen molar-refractivity contribution in [3.63, 3.8) is 0 Å². The zero-order valence-corrected chi connectivity index (χ0v) is 10.9. The van der Waals surface area contributed by atoms with Crippen molar-refractivity contribution in [3.05, 3.63) is 0 Å². The third-order valence-corrected chi connectivity index (χ3v) is 2.62. The van der Waals surface area contributed by atoms with Crippen molar-refractivity contribution < 1.29 is 13.9 Å². The van der Waals surface area contributed by atoms with Gasteiger partial charge in [-0.3, -0.25) is 0 Å². The summed E-state index contributed by atoms with van der Waals surface area (Å²) < 4.78 is 17.9. The number of carbonyl (C=O) groups excluding carboxylic acids is 1. The van der Waals surface area contributed by atoms with E-state index in [1.807, 2.05) is 20.8 Å². The Labute approximate surface area is 102 Å². The number of hydrogen-bond donors (Lipinski definition) is 2. The topological polar surface area (TPSA) is 50.4 Å². The second kappa shape index (κ2) is 6.19. The molecule has 0 bridgehead atoms. The van der Waals surface area contributed by atoms with E-state index in [2.05, 4.69) is 10.6 Å². The standard InChI is InChI=1S/C12H23FN2O2/c1-12(2,3)17-11(16)15-8-4-7-14-10-6-5-9(10)13/h9-10,14H,4-8H2,1-3H3,(H,15,16). The van der Waals surface area contributed by atoms with Gasteiger partial charge >= 0.3 is 6.09 Å². The molecule has 0 aromatic rings. The van der Waals surface area contributed by atoms with Crippen molar-refractivity contribution in [2.45, 2.75) is 57.8 Å². The monoisotopic (exact) mass is 246 g/mol. The van der Waals surface area contributed by atoms with Crippen LogP contribution >= 0.6 is 0 Å². The van der Waals surface area contributed by atoms with Crippen LogP contribution < -0.4 is 10.6 Å². The average Bonchev–Trinajstić information content (AvgIpc) is 2.18. The van der Waals surface area contributed by atoms with Gasteiger partial charge in [-0.1, -0.05) is 0 Å². The summed E-state index contributed by atoms with van der Waals surface area (Å²) in [7, 11) is 0. The largest absolute Gasteiger partial charge is 0.444 e. The Morgan fingerprint density at radius 2 is 2.06 bits per heavy atom. The first-order chi connectivity index (χ1) is 7.88. The van der Waals surface area contributed by atoms with Gasteiger partial charge in [-0.25, -0.2) is 9.18 Å². The van der Waals surface area contributed by atoms with E-state index in [1.165, 1.54) is 0 Å². The number of halogens is 1. The van der Waals surface area contributed by atoms with E-state index >= 15 is 0 Å². The number of hydrogen-bond acceptors (Lipinski definition) is 3. The molecule has 0 aromatic carbocycles. The maximum atomic E-state index is 12.9. The van der Waals surface area contributed by atoms with Gasteiger partial charge < -0.3 is 15.4 Å². The van der Waals surface area contributed by atoms with Gasteiger partial charge in [0.05, 0.1) is 0 Å². The summed E-state index contributed by atoms with van der Waals surface area (Å²) in [6, 6.07) is 0.0246. The molecule has 1 saturated carbocycles. The van der Waals surface area contributed by atoms with Crippen molar-refractivity contribution >= 4 is 6.09 Å². The van der Waals surface area contributed by atoms with Crippen LogP contribution in [0.4, 0.5) is 9.18 Å². The molecular formula is C12H23FN2O2.